The lowest BCUT2D eigenvalue weighted by atomic mass is 9.90. The maximum Gasteiger partial charge on any atom is 0.222 e. The van der Waals surface area contributed by atoms with E-state index in [1.54, 1.807) is 4.68 Å². The number of likely N-dealkylation sites (tertiary alicyclic amines) is 1. The minimum atomic E-state index is -0.237. The highest BCUT2D eigenvalue weighted by Gasteiger charge is 2.37. The lowest BCUT2D eigenvalue weighted by molar-refractivity contribution is -0.121. The summed E-state index contributed by atoms with van der Waals surface area (Å²) in [7, 11) is 1.88. The molecule has 1 aliphatic heterocycles. The van der Waals surface area contributed by atoms with Gasteiger partial charge in [-0.15, -0.1) is 0 Å². The maximum absolute atomic E-state index is 11.8. The molecule has 3 rings (SSSR count). The minimum Gasteiger partial charge on any atom is -0.369 e. The standard InChI is InChI=1S/C16H23N5O2/c1-10-13(11(2)23-19-10)4-5-21-8-14(15(9-21)16(17)22)12-6-18-20(3)7-12/h6-7,14-15H,4-5,8-9H2,1-3H3,(H2,17,22)/t14-,15+/m1/s1. The summed E-state index contributed by atoms with van der Waals surface area (Å²) < 4.78 is 6.97. The fourth-order valence-electron chi connectivity index (χ4n) is 3.45. The molecule has 2 aromatic rings. The Balaban J connectivity index is 1.69. The molecule has 0 bridgehead atoms. The van der Waals surface area contributed by atoms with Crippen LogP contribution in [0.4, 0.5) is 0 Å². The van der Waals surface area contributed by atoms with Crippen molar-refractivity contribution in [3.8, 4) is 0 Å². The largest absolute Gasteiger partial charge is 0.369 e. The zero-order valence-electron chi connectivity index (χ0n) is 13.8. The maximum atomic E-state index is 11.8. The number of hydrogen-bond donors (Lipinski definition) is 1. The van der Waals surface area contributed by atoms with E-state index in [4.69, 9.17) is 10.3 Å². The average Bonchev–Trinajstić information content (AvgIpc) is 3.17. The fraction of sp³-hybridized carbons (Fsp3) is 0.562. The van der Waals surface area contributed by atoms with Gasteiger partial charge in [0.2, 0.25) is 5.91 Å². The van der Waals surface area contributed by atoms with E-state index >= 15 is 0 Å². The van der Waals surface area contributed by atoms with Gasteiger partial charge in [-0.25, -0.2) is 0 Å². The smallest absolute Gasteiger partial charge is 0.222 e. The van der Waals surface area contributed by atoms with Crippen LogP contribution in [0.5, 0.6) is 0 Å². The lowest BCUT2D eigenvalue weighted by Crippen LogP contribution is -2.29. The zero-order chi connectivity index (χ0) is 16.6. The second kappa shape index (κ2) is 6.16. The Morgan fingerprint density at radius 1 is 1.43 bits per heavy atom. The first-order chi connectivity index (χ1) is 11.0. The first kappa shape index (κ1) is 15.7. The second-order valence-corrected chi connectivity index (χ2v) is 6.37. The third-order valence-electron chi connectivity index (χ3n) is 4.77. The van der Waals surface area contributed by atoms with Crippen molar-refractivity contribution in [2.45, 2.75) is 26.2 Å². The number of hydrogen-bond acceptors (Lipinski definition) is 5. The van der Waals surface area contributed by atoms with Gasteiger partial charge in [0.25, 0.3) is 0 Å². The van der Waals surface area contributed by atoms with Gasteiger partial charge in [-0.1, -0.05) is 5.16 Å². The summed E-state index contributed by atoms with van der Waals surface area (Å²) in [6, 6.07) is 0. The van der Waals surface area contributed by atoms with Gasteiger partial charge in [0.05, 0.1) is 17.8 Å². The van der Waals surface area contributed by atoms with Crippen LogP contribution in [0, 0.1) is 19.8 Å². The molecule has 2 N–H and O–H groups in total. The SMILES string of the molecule is Cc1noc(C)c1CCN1C[C@H](C(N)=O)[C@@H](c2cnn(C)c2)C1. The van der Waals surface area contributed by atoms with E-state index in [9.17, 15) is 4.79 Å². The Labute approximate surface area is 135 Å². The van der Waals surface area contributed by atoms with Crippen LogP contribution >= 0.6 is 0 Å². The molecular formula is C16H23N5O2. The van der Waals surface area contributed by atoms with Crippen molar-refractivity contribution >= 4 is 5.91 Å². The highest BCUT2D eigenvalue weighted by atomic mass is 16.5. The van der Waals surface area contributed by atoms with Crippen molar-refractivity contribution in [2.24, 2.45) is 18.7 Å². The van der Waals surface area contributed by atoms with E-state index in [-0.39, 0.29) is 17.7 Å². The minimum absolute atomic E-state index is 0.117. The van der Waals surface area contributed by atoms with E-state index < -0.39 is 0 Å². The quantitative estimate of drug-likeness (QED) is 0.879. The number of primary amides is 1. The van der Waals surface area contributed by atoms with Crippen molar-refractivity contribution in [3.05, 3.63) is 35.0 Å². The van der Waals surface area contributed by atoms with E-state index in [0.29, 0.717) is 6.54 Å². The predicted molar refractivity (Wildman–Crippen MR) is 84.8 cm³/mol. The number of nitrogens with two attached hydrogens (primary N) is 1. The summed E-state index contributed by atoms with van der Waals surface area (Å²) in [5.74, 6) is 0.588. The summed E-state index contributed by atoms with van der Waals surface area (Å²) in [5, 5.41) is 8.21. The van der Waals surface area contributed by atoms with Crippen LogP contribution in [0.25, 0.3) is 0 Å². The third-order valence-corrected chi connectivity index (χ3v) is 4.77. The van der Waals surface area contributed by atoms with Crippen LogP contribution < -0.4 is 5.73 Å². The molecule has 2 aromatic heterocycles. The van der Waals surface area contributed by atoms with Gasteiger partial charge in [-0.05, 0) is 25.8 Å². The van der Waals surface area contributed by atoms with E-state index in [2.05, 4.69) is 15.2 Å². The van der Waals surface area contributed by atoms with Gasteiger partial charge < -0.3 is 15.2 Å². The Hall–Kier alpha value is -2.15. The van der Waals surface area contributed by atoms with E-state index in [1.807, 2.05) is 33.3 Å². The van der Waals surface area contributed by atoms with Crippen LogP contribution in [0.1, 0.15) is 28.5 Å². The molecule has 7 nitrogen and oxygen atoms in total. The number of carbonyl (C=O) groups is 1. The third kappa shape index (κ3) is 3.14. The topological polar surface area (TPSA) is 90.2 Å². The molecule has 1 aliphatic rings. The van der Waals surface area contributed by atoms with Gasteiger partial charge in [0.1, 0.15) is 5.76 Å². The molecule has 7 heteroatoms. The molecule has 1 amide bonds. The number of amides is 1. The summed E-state index contributed by atoms with van der Waals surface area (Å²) in [6.45, 7) is 6.27. The number of aryl methyl sites for hydroxylation is 3. The van der Waals surface area contributed by atoms with Crippen molar-refractivity contribution in [1.82, 2.24) is 19.8 Å². The molecule has 2 atom stereocenters. The summed E-state index contributed by atoms with van der Waals surface area (Å²) >= 11 is 0. The average molecular weight is 317 g/mol. The molecular weight excluding hydrogens is 294 g/mol. The lowest BCUT2D eigenvalue weighted by Gasteiger charge is -2.15. The Kier molecular flexibility index (Phi) is 4.21. The molecule has 23 heavy (non-hydrogen) atoms. The van der Waals surface area contributed by atoms with Gasteiger partial charge in [-0.3, -0.25) is 9.48 Å². The highest BCUT2D eigenvalue weighted by molar-refractivity contribution is 5.78. The molecule has 0 spiro atoms. The molecule has 0 unspecified atom stereocenters. The summed E-state index contributed by atoms with van der Waals surface area (Å²) in [5.41, 5.74) is 8.79. The van der Waals surface area contributed by atoms with Crippen molar-refractivity contribution in [2.75, 3.05) is 19.6 Å². The van der Waals surface area contributed by atoms with Crippen LogP contribution in [-0.2, 0) is 18.3 Å². The number of rotatable bonds is 5. The monoisotopic (exact) mass is 317 g/mol. The highest BCUT2D eigenvalue weighted by Crippen LogP contribution is 2.32. The first-order valence-corrected chi connectivity index (χ1v) is 7.87. The van der Waals surface area contributed by atoms with Gasteiger partial charge in [0, 0.05) is 44.4 Å². The van der Waals surface area contributed by atoms with Crippen LogP contribution in [0.2, 0.25) is 0 Å². The van der Waals surface area contributed by atoms with Crippen LogP contribution in [-0.4, -0.2) is 45.4 Å². The Morgan fingerprint density at radius 3 is 2.78 bits per heavy atom. The zero-order valence-corrected chi connectivity index (χ0v) is 13.8. The van der Waals surface area contributed by atoms with E-state index in [0.717, 1.165) is 42.1 Å². The summed E-state index contributed by atoms with van der Waals surface area (Å²) in [4.78, 5) is 14.1. The van der Waals surface area contributed by atoms with Gasteiger partial charge in [-0.2, -0.15) is 5.10 Å². The molecule has 124 valence electrons. The van der Waals surface area contributed by atoms with Crippen LogP contribution in [0.15, 0.2) is 16.9 Å². The van der Waals surface area contributed by atoms with Crippen molar-refractivity contribution in [3.63, 3.8) is 0 Å². The second-order valence-electron chi connectivity index (χ2n) is 6.37. The fourth-order valence-corrected chi connectivity index (χ4v) is 3.45. The number of carbonyl (C=O) groups excluding carboxylic acids is 1. The van der Waals surface area contributed by atoms with Gasteiger partial charge in [0.15, 0.2) is 0 Å². The molecule has 1 saturated heterocycles. The van der Waals surface area contributed by atoms with Crippen molar-refractivity contribution in [1.29, 1.82) is 0 Å². The molecule has 0 aliphatic carbocycles. The number of aromatic nitrogens is 3. The van der Waals surface area contributed by atoms with Crippen molar-refractivity contribution < 1.29 is 9.32 Å². The molecule has 0 radical (unpaired) electrons. The molecule has 1 fully saturated rings. The van der Waals surface area contributed by atoms with Crippen LogP contribution in [0.3, 0.4) is 0 Å². The molecule has 3 heterocycles. The molecule has 0 aromatic carbocycles. The Bertz CT molecular complexity index is 686. The van der Waals surface area contributed by atoms with E-state index in [1.165, 1.54) is 0 Å². The Morgan fingerprint density at radius 2 is 2.22 bits per heavy atom. The first-order valence-electron chi connectivity index (χ1n) is 7.87. The summed E-state index contributed by atoms with van der Waals surface area (Å²) in [6.07, 6.45) is 4.67. The number of nitrogens with zero attached hydrogens (tertiary/aromatic N) is 4. The molecule has 0 saturated carbocycles. The predicted octanol–water partition coefficient (Wildman–Crippen LogP) is 0.768. The van der Waals surface area contributed by atoms with Gasteiger partial charge >= 0.3 is 0 Å². The normalized spacial score (nSPS) is 21.9.